The molecule has 1 fully saturated rings. The molecule has 0 aromatic heterocycles. The molecule has 0 radical (unpaired) electrons. The van der Waals surface area contributed by atoms with E-state index in [1.807, 2.05) is 37.3 Å². The quantitative estimate of drug-likeness (QED) is 0.377. The van der Waals surface area contributed by atoms with Gasteiger partial charge in [-0.05, 0) is 38.3 Å². The largest absolute Gasteiger partial charge is 0.365 e. The van der Waals surface area contributed by atoms with Crippen LogP contribution in [0.15, 0.2) is 53.0 Å². The summed E-state index contributed by atoms with van der Waals surface area (Å²) in [5.41, 5.74) is 2.35. The van der Waals surface area contributed by atoms with Crippen molar-refractivity contribution >= 4 is 10.0 Å². The Bertz CT molecular complexity index is 790. The predicted molar refractivity (Wildman–Crippen MR) is 105 cm³/mol. The third kappa shape index (κ3) is 6.80. The van der Waals surface area contributed by atoms with E-state index < -0.39 is 10.0 Å². The second-order valence-electron chi connectivity index (χ2n) is 6.22. The maximum absolute atomic E-state index is 12.9. The van der Waals surface area contributed by atoms with Gasteiger partial charge < -0.3 is 4.74 Å². The molecule has 0 amide bonds. The maximum atomic E-state index is 12.9. The lowest BCUT2D eigenvalue weighted by atomic mass is 10.2. The van der Waals surface area contributed by atoms with E-state index in [0.29, 0.717) is 24.7 Å². The van der Waals surface area contributed by atoms with Crippen LogP contribution in [-0.4, -0.2) is 39.0 Å². The minimum Gasteiger partial charge on any atom is -0.365 e. The Morgan fingerprint density at radius 1 is 1.15 bits per heavy atom. The van der Waals surface area contributed by atoms with Crippen molar-refractivity contribution in [2.24, 2.45) is 0 Å². The van der Waals surface area contributed by atoms with Gasteiger partial charge in [-0.15, -0.1) is 0 Å². The topological polar surface area (TPSA) is 46.6 Å². The highest BCUT2D eigenvalue weighted by Crippen LogP contribution is 2.27. The monoisotopic (exact) mass is 373 g/mol. The smallest absolute Gasteiger partial charge is 0.244 e. The molecule has 0 atom stereocenters. The number of ether oxygens (including phenoxy) is 1. The Labute approximate surface area is 157 Å². The highest BCUT2D eigenvalue weighted by molar-refractivity contribution is 7.89. The van der Waals surface area contributed by atoms with E-state index in [-0.39, 0.29) is 6.54 Å². The van der Waals surface area contributed by atoms with E-state index >= 15 is 0 Å². The summed E-state index contributed by atoms with van der Waals surface area (Å²) >= 11 is 0. The lowest BCUT2D eigenvalue weighted by Gasteiger charge is -2.18. The Kier molecular flexibility index (Phi) is 8.11. The lowest BCUT2D eigenvalue weighted by molar-refractivity contribution is 0.199. The van der Waals surface area contributed by atoms with Crippen LogP contribution in [0.5, 0.6) is 0 Å². The zero-order valence-corrected chi connectivity index (χ0v) is 16.4. The summed E-state index contributed by atoms with van der Waals surface area (Å²) in [4.78, 5) is 0.306. The summed E-state index contributed by atoms with van der Waals surface area (Å²) in [6.07, 6.45) is 9.12. The Morgan fingerprint density at radius 2 is 1.88 bits per heavy atom. The van der Waals surface area contributed by atoms with E-state index in [9.17, 15) is 8.42 Å². The molecular weight excluding hydrogens is 346 g/mol. The number of allylic oxidation sites excluding steroid dienone is 2. The molecule has 1 saturated carbocycles. The molecule has 0 N–H and O–H groups in total. The molecule has 1 aromatic rings. The van der Waals surface area contributed by atoms with E-state index in [1.165, 1.54) is 9.88 Å². The van der Waals surface area contributed by atoms with Crippen molar-refractivity contribution < 1.29 is 13.2 Å². The second-order valence-corrected chi connectivity index (χ2v) is 8.16. The summed E-state index contributed by atoms with van der Waals surface area (Å²) < 4.78 is 32.6. The molecule has 0 heterocycles. The first kappa shape index (κ1) is 20.4. The van der Waals surface area contributed by atoms with E-state index in [2.05, 4.69) is 18.8 Å². The van der Waals surface area contributed by atoms with Gasteiger partial charge in [0.2, 0.25) is 10.0 Å². The molecule has 1 aromatic carbocycles. The van der Waals surface area contributed by atoms with Crippen LogP contribution < -0.4 is 0 Å². The first-order chi connectivity index (χ1) is 12.5. The van der Waals surface area contributed by atoms with Gasteiger partial charge in [-0.25, -0.2) is 8.42 Å². The van der Waals surface area contributed by atoms with Crippen LogP contribution in [-0.2, 0) is 14.8 Å². The minimum atomic E-state index is -3.56. The third-order valence-corrected chi connectivity index (χ3v) is 5.78. The zero-order valence-electron chi connectivity index (χ0n) is 15.6. The average molecular weight is 374 g/mol. The van der Waals surface area contributed by atoms with Crippen LogP contribution in [0.3, 0.4) is 0 Å². The summed E-state index contributed by atoms with van der Waals surface area (Å²) in [5, 5.41) is 0. The molecule has 140 valence electrons. The molecular formula is C21H27NO3S. The normalized spacial score (nSPS) is 13.7. The Hall–Kier alpha value is -1.87. The Balaban J connectivity index is 2.00. The molecule has 2 rings (SSSR count). The van der Waals surface area contributed by atoms with Gasteiger partial charge in [-0.2, -0.15) is 4.31 Å². The molecule has 1 aliphatic rings. The van der Waals surface area contributed by atoms with Crippen molar-refractivity contribution in [2.75, 3.05) is 26.3 Å². The molecule has 4 nitrogen and oxygen atoms in total. The highest BCUT2D eigenvalue weighted by atomic mass is 32.2. The zero-order chi connectivity index (χ0) is 18.8. The number of aryl methyl sites for hydroxylation is 1. The molecule has 0 saturated heterocycles. The van der Waals surface area contributed by atoms with Crippen LogP contribution in [0, 0.1) is 18.8 Å². The number of nitrogens with zero attached hydrogens (tertiary/aromatic N) is 1. The Morgan fingerprint density at radius 3 is 2.54 bits per heavy atom. The van der Waals surface area contributed by atoms with Crippen LogP contribution in [0.4, 0.5) is 0 Å². The fourth-order valence-corrected chi connectivity index (χ4v) is 3.51. The summed E-state index contributed by atoms with van der Waals surface area (Å²) in [7, 11) is -3.56. The van der Waals surface area contributed by atoms with Gasteiger partial charge in [0.05, 0.1) is 18.0 Å². The molecule has 0 aliphatic heterocycles. The summed E-state index contributed by atoms with van der Waals surface area (Å²) in [6.45, 7) is 5.35. The summed E-state index contributed by atoms with van der Waals surface area (Å²) in [6, 6.07) is 6.93. The van der Waals surface area contributed by atoms with Gasteiger partial charge in [-0.1, -0.05) is 60.3 Å². The molecule has 0 bridgehead atoms. The fraction of sp³-hybridized carbons (Fsp3) is 0.429. The molecule has 0 unspecified atom stereocenters. The van der Waals surface area contributed by atoms with Crippen LogP contribution in [0.2, 0.25) is 0 Å². The van der Waals surface area contributed by atoms with Crippen molar-refractivity contribution in [2.45, 2.75) is 38.0 Å². The summed E-state index contributed by atoms with van der Waals surface area (Å²) in [5.74, 6) is 5.82. The third-order valence-electron chi connectivity index (χ3n) is 3.95. The first-order valence-corrected chi connectivity index (χ1v) is 10.4. The van der Waals surface area contributed by atoms with E-state index in [4.69, 9.17) is 4.74 Å². The van der Waals surface area contributed by atoms with E-state index in [1.54, 1.807) is 12.1 Å². The van der Waals surface area contributed by atoms with Gasteiger partial charge in [0.25, 0.3) is 0 Å². The minimum absolute atomic E-state index is 0.161. The van der Waals surface area contributed by atoms with Gasteiger partial charge in [-0.3, -0.25) is 0 Å². The standard InChI is InChI=1S/C21H27NO3S/c1-3-4-6-17-25-18-7-5-15-22(16-14-20-10-11-20)26(23,24)21-12-8-19(2)9-13-21/h4,6,8-9,12-14H,3,10-11,15-18H2,1-2H3/b6-4-. The van der Waals surface area contributed by atoms with E-state index in [0.717, 1.165) is 24.8 Å². The number of hydrogen-bond acceptors (Lipinski definition) is 3. The average Bonchev–Trinajstić information content (AvgIpc) is 3.44. The molecule has 26 heavy (non-hydrogen) atoms. The SMILES string of the molecule is CC/C=C\COCC#CCN(CC=C1CC1)S(=O)(=O)c1ccc(C)cc1. The van der Waals surface area contributed by atoms with Crippen molar-refractivity contribution in [3.8, 4) is 11.8 Å². The van der Waals surface area contributed by atoms with Crippen molar-refractivity contribution in [1.82, 2.24) is 4.31 Å². The van der Waals surface area contributed by atoms with Crippen LogP contribution in [0.1, 0.15) is 31.7 Å². The van der Waals surface area contributed by atoms with Crippen molar-refractivity contribution in [3.63, 3.8) is 0 Å². The molecule has 0 spiro atoms. The first-order valence-electron chi connectivity index (χ1n) is 8.97. The maximum Gasteiger partial charge on any atom is 0.244 e. The van der Waals surface area contributed by atoms with Crippen LogP contribution >= 0.6 is 0 Å². The molecule has 1 aliphatic carbocycles. The number of rotatable bonds is 9. The second kappa shape index (κ2) is 10.3. The van der Waals surface area contributed by atoms with Crippen molar-refractivity contribution in [3.05, 3.63) is 53.6 Å². The number of hydrogen-bond donors (Lipinski definition) is 0. The van der Waals surface area contributed by atoms with Gasteiger partial charge >= 0.3 is 0 Å². The number of benzene rings is 1. The highest BCUT2D eigenvalue weighted by Gasteiger charge is 2.23. The lowest BCUT2D eigenvalue weighted by Crippen LogP contribution is -2.31. The van der Waals surface area contributed by atoms with Gasteiger partial charge in [0.1, 0.15) is 6.61 Å². The number of sulfonamides is 1. The molecule has 5 heteroatoms. The van der Waals surface area contributed by atoms with Gasteiger partial charge in [0, 0.05) is 6.54 Å². The van der Waals surface area contributed by atoms with Crippen molar-refractivity contribution in [1.29, 1.82) is 0 Å². The predicted octanol–water partition coefficient (Wildman–Crippen LogP) is 3.69. The fourth-order valence-electron chi connectivity index (χ4n) is 2.22. The van der Waals surface area contributed by atoms with Gasteiger partial charge in [0.15, 0.2) is 0 Å². The van der Waals surface area contributed by atoms with Crippen LogP contribution in [0.25, 0.3) is 0 Å².